The minimum Gasteiger partial charge on any atom is -0.317 e. The van der Waals surface area contributed by atoms with Crippen LogP contribution in [0.3, 0.4) is 0 Å². The Morgan fingerprint density at radius 1 is 1.43 bits per heavy atom. The van der Waals surface area contributed by atoms with Gasteiger partial charge in [0.2, 0.25) is 0 Å². The summed E-state index contributed by atoms with van der Waals surface area (Å²) < 4.78 is 0. The van der Waals surface area contributed by atoms with E-state index in [0.717, 1.165) is 13.1 Å². The number of nitrogens with zero attached hydrogens (tertiary/aromatic N) is 1. The summed E-state index contributed by atoms with van der Waals surface area (Å²) in [4.78, 5) is 5.83. The monoisotopic (exact) mass is 232 g/mol. The van der Waals surface area contributed by atoms with Crippen molar-refractivity contribution in [2.24, 2.45) is 0 Å². The second-order valence-corrected chi connectivity index (χ2v) is 5.32. The number of aromatic nitrogens is 1. The maximum atomic E-state index is 4.50. The van der Waals surface area contributed by atoms with E-state index in [0.29, 0.717) is 5.41 Å². The number of aryl methyl sites for hydroxylation is 1. The largest absolute Gasteiger partial charge is 0.317 e. The van der Waals surface area contributed by atoms with Crippen LogP contribution in [0.25, 0.3) is 0 Å². The first-order valence-corrected chi connectivity index (χ1v) is 5.66. The summed E-state index contributed by atoms with van der Waals surface area (Å²) in [7, 11) is 0. The molecule has 2 rings (SSSR count). The molecule has 1 fully saturated rings. The van der Waals surface area contributed by atoms with Crippen LogP contribution < -0.4 is 5.32 Å². The second kappa shape index (κ2) is 4.60. The molecule has 0 aromatic carbocycles. The minimum absolute atomic E-state index is 0. The van der Waals surface area contributed by atoms with Gasteiger partial charge >= 0.3 is 0 Å². The van der Waals surface area contributed by atoms with Gasteiger partial charge < -0.3 is 5.32 Å². The Labute approximate surface area is 95.5 Å². The molecule has 1 aliphatic heterocycles. The van der Waals surface area contributed by atoms with Crippen molar-refractivity contribution in [3.63, 3.8) is 0 Å². The van der Waals surface area contributed by atoms with E-state index in [2.05, 4.69) is 24.1 Å². The molecule has 0 radical (unpaired) electrons. The first-order chi connectivity index (χ1) is 6.21. The number of rotatable bonds is 1. The highest BCUT2D eigenvalue weighted by Gasteiger charge is 2.31. The van der Waals surface area contributed by atoms with Gasteiger partial charge in [0.1, 0.15) is 0 Å². The van der Waals surface area contributed by atoms with Crippen molar-refractivity contribution in [2.45, 2.75) is 32.1 Å². The lowest BCUT2D eigenvalue weighted by Crippen LogP contribution is -2.37. The number of hydrogen-bond acceptors (Lipinski definition) is 3. The molecule has 0 amide bonds. The summed E-state index contributed by atoms with van der Waals surface area (Å²) in [6, 6.07) is 0. The molecule has 4 heteroatoms. The molecule has 0 bridgehead atoms. The van der Waals surface area contributed by atoms with E-state index in [1.807, 2.05) is 17.5 Å². The second-order valence-electron chi connectivity index (χ2n) is 4.09. The highest BCUT2D eigenvalue weighted by Crippen LogP contribution is 2.34. The molecule has 2 heterocycles. The Balaban J connectivity index is 0.000000980. The smallest absolute Gasteiger partial charge is 0.0987 e. The van der Waals surface area contributed by atoms with Gasteiger partial charge in [0.15, 0.2) is 0 Å². The summed E-state index contributed by atoms with van der Waals surface area (Å²) in [5, 5.41) is 4.72. The molecule has 1 saturated heterocycles. The Hall–Kier alpha value is -0.120. The molecule has 0 saturated carbocycles. The predicted molar refractivity (Wildman–Crippen MR) is 63.6 cm³/mol. The Bertz CT molecular complexity index is 292. The minimum atomic E-state index is 0. The van der Waals surface area contributed by atoms with Crippen LogP contribution in [0.4, 0.5) is 0 Å². The van der Waals surface area contributed by atoms with Crippen molar-refractivity contribution >= 4 is 23.7 Å². The highest BCUT2D eigenvalue weighted by molar-refractivity contribution is 7.11. The molecule has 1 aromatic heterocycles. The van der Waals surface area contributed by atoms with E-state index in [9.17, 15) is 0 Å². The molecular weight excluding hydrogens is 216 g/mol. The Kier molecular flexibility index (Phi) is 3.93. The lowest BCUT2D eigenvalue weighted by atomic mass is 9.82. The average molecular weight is 233 g/mol. The maximum Gasteiger partial charge on any atom is 0.0987 e. The predicted octanol–water partition coefficient (Wildman–Crippen LogP) is 2.51. The molecule has 80 valence electrons. The third-order valence-corrected chi connectivity index (χ3v) is 4.06. The van der Waals surface area contributed by atoms with Gasteiger partial charge in [0, 0.05) is 16.5 Å². The SMILES string of the molecule is Cc1cnc(C2(C)CCNCC2)s1.Cl. The van der Waals surface area contributed by atoms with Crippen LogP contribution in [-0.4, -0.2) is 18.1 Å². The Morgan fingerprint density at radius 3 is 2.57 bits per heavy atom. The molecule has 1 aliphatic rings. The number of piperidine rings is 1. The molecule has 2 nitrogen and oxygen atoms in total. The molecule has 1 N–H and O–H groups in total. The zero-order valence-corrected chi connectivity index (χ0v) is 10.3. The third kappa shape index (κ3) is 2.27. The molecule has 0 unspecified atom stereocenters. The van der Waals surface area contributed by atoms with Gasteiger partial charge in [-0.2, -0.15) is 0 Å². The summed E-state index contributed by atoms with van der Waals surface area (Å²) in [5.74, 6) is 0. The van der Waals surface area contributed by atoms with E-state index in [1.165, 1.54) is 22.7 Å². The van der Waals surface area contributed by atoms with Gasteiger partial charge in [-0.05, 0) is 32.9 Å². The van der Waals surface area contributed by atoms with Crippen molar-refractivity contribution in [3.8, 4) is 0 Å². The zero-order valence-electron chi connectivity index (χ0n) is 8.67. The lowest BCUT2D eigenvalue weighted by Gasteiger charge is -2.31. The van der Waals surface area contributed by atoms with Gasteiger partial charge in [-0.25, -0.2) is 4.98 Å². The summed E-state index contributed by atoms with van der Waals surface area (Å²) >= 11 is 1.85. The first-order valence-electron chi connectivity index (χ1n) is 4.84. The van der Waals surface area contributed by atoms with Crippen LogP contribution in [-0.2, 0) is 5.41 Å². The fourth-order valence-corrected chi connectivity index (χ4v) is 2.79. The number of thiazole rings is 1. The standard InChI is InChI=1S/C10H16N2S.ClH/c1-8-7-12-9(13-8)10(2)3-5-11-6-4-10;/h7,11H,3-6H2,1-2H3;1H. The van der Waals surface area contributed by atoms with Crippen LogP contribution in [0.2, 0.25) is 0 Å². The zero-order chi connectivity index (χ0) is 9.31. The van der Waals surface area contributed by atoms with Crippen LogP contribution in [0, 0.1) is 6.92 Å². The van der Waals surface area contributed by atoms with Crippen molar-refractivity contribution in [1.82, 2.24) is 10.3 Å². The van der Waals surface area contributed by atoms with Crippen LogP contribution in [0.5, 0.6) is 0 Å². The van der Waals surface area contributed by atoms with Gasteiger partial charge in [0.25, 0.3) is 0 Å². The third-order valence-electron chi connectivity index (χ3n) is 2.84. The first kappa shape index (κ1) is 12.0. The van der Waals surface area contributed by atoms with E-state index >= 15 is 0 Å². The van der Waals surface area contributed by atoms with E-state index < -0.39 is 0 Å². The van der Waals surface area contributed by atoms with Crippen LogP contribution in [0.1, 0.15) is 29.7 Å². The van der Waals surface area contributed by atoms with E-state index in [-0.39, 0.29) is 12.4 Å². The molecule has 14 heavy (non-hydrogen) atoms. The van der Waals surface area contributed by atoms with Crippen molar-refractivity contribution in [3.05, 3.63) is 16.1 Å². The van der Waals surface area contributed by atoms with Crippen molar-refractivity contribution < 1.29 is 0 Å². The van der Waals surface area contributed by atoms with Gasteiger partial charge in [0.05, 0.1) is 5.01 Å². The molecule has 0 aliphatic carbocycles. The highest BCUT2D eigenvalue weighted by atomic mass is 35.5. The van der Waals surface area contributed by atoms with Gasteiger partial charge in [-0.3, -0.25) is 0 Å². The summed E-state index contributed by atoms with van der Waals surface area (Å²) in [6.07, 6.45) is 4.44. The van der Waals surface area contributed by atoms with E-state index in [1.54, 1.807) is 0 Å². The van der Waals surface area contributed by atoms with E-state index in [4.69, 9.17) is 0 Å². The fourth-order valence-electron chi connectivity index (χ4n) is 1.83. The van der Waals surface area contributed by atoms with Crippen molar-refractivity contribution in [1.29, 1.82) is 0 Å². The quantitative estimate of drug-likeness (QED) is 0.805. The maximum absolute atomic E-state index is 4.50. The molecule has 0 spiro atoms. The van der Waals surface area contributed by atoms with Gasteiger partial charge in [-0.15, -0.1) is 23.7 Å². The topological polar surface area (TPSA) is 24.9 Å². The molecule has 1 aromatic rings. The number of nitrogens with one attached hydrogen (secondary N) is 1. The Morgan fingerprint density at radius 2 is 2.07 bits per heavy atom. The lowest BCUT2D eigenvalue weighted by molar-refractivity contribution is 0.334. The number of halogens is 1. The summed E-state index contributed by atoms with van der Waals surface area (Å²) in [5.41, 5.74) is 0.337. The van der Waals surface area contributed by atoms with Crippen molar-refractivity contribution in [2.75, 3.05) is 13.1 Å². The normalized spacial score (nSPS) is 20.1. The average Bonchev–Trinajstić information content (AvgIpc) is 2.54. The molecule has 0 atom stereocenters. The van der Waals surface area contributed by atoms with Gasteiger partial charge in [-0.1, -0.05) is 6.92 Å². The fraction of sp³-hybridized carbons (Fsp3) is 0.700. The molecular formula is C10H17ClN2S. The van der Waals surface area contributed by atoms with Crippen LogP contribution in [0.15, 0.2) is 6.20 Å². The summed E-state index contributed by atoms with van der Waals surface area (Å²) in [6.45, 7) is 6.74. The number of hydrogen-bond donors (Lipinski definition) is 1. The van der Waals surface area contributed by atoms with Crippen LogP contribution >= 0.6 is 23.7 Å².